The molecule has 84 valence electrons. The van der Waals surface area contributed by atoms with E-state index in [-0.39, 0.29) is 17.9 Å². The second kappa shape index (κ2) is 5.09. The lowest BCUT2D eigenvalue weighted by Gasteiger charge is -2.16. The molecule has 5 heteroatoms. The van der Waals surface area contributed by atoms with E-state index in [1.165, 1.54) is 18.2 Å². The Morgan fingerprint density at radius 1 is 1.13 bits per heavy atom. The van der Waals surface area contributed by atoms with Gasteiger partial charge in [-0.25, -0.2) is 0 Å². The molecule has 0 heterocycles. The largest absolute Gasteiger partial charge is 0.508 e. The molecule has 0 bridgehead atoms. The maximum atomic E-state index is 9.53. The van der Waals surface area contributed by atoms with Crippen LogP contribution in [0.15, 0.2) is 18.2 Å². The van der Waals surface area contributed by atoms with Crippen molar-refractivity contribution in [2.45, 2.75) is 18.8 Å². The molecular weight excluding hydrogens is 200 g/mol. The highest BCUT2D eigenvalue weighted by Gasteiger charge is 2.18. The maximum absolute atomic E-state index is 9.53. The molecule has 15 heavy (non-hydrogen) atoms. The average Bonchev–Trinajstić information content (AvgIpc) is 2.27. The number of benzene rings is 1. The molecule has 5 nitrogen and oxygen atoms in total. The van der Waals surface area contributed by atoms with Crippen molar-refractivity contribution in [3.8, 4) is 5.75 Å². The van der Waals surface area contributed by atoms with Gasteiger partial charge in [0, 0.05) is 5.56 Å². The molecule has 0 spiro atoms. The van der Waals surface area contributed by atoms with Crippen LogP contribution in [0.25, 0.3) is 0 Å². The number of aliphatic hydroxyl groups is 4. The second-order valence-corrected chi connectivity index (χ2v) is 3.24. The van der Waals surface area contributed by atoms with E-state index in [4.69, 9.17) is 10.2 Å². The average molecular weight is 214 g/mol. The van der Waals surface area contributed by atoms with E-state index in [1.807, 2.05) is 0 Å². The van der Waals surface area contributed by atoms with Crippen LogP contribution >= 0.6 is 0 Å². The predicted molar refractivity (Wildman–Crippen MR) is 52.1 cm³/mol. The predicted octanol–water partition coefficient (Wildman–Crippen LogP) is -0.729. The normalized spacial score (nSPS) is 14.9. The summed E-state index contributed by atoms with van der Waals surface area (Å²) in [6, 6.07) is 4.10. The highest BCUT2D eigenvalue weighted by molar-refractivity contribution is 5.36. The number of hydrogen-bond donors (Lipinski definition) is 5. The molecule has 0 fully saturated rings. The van der Waals surface area contributed by atoms with E-state index in [1.54, 1.807) is 0 Å². The van der Waals surface area contributed by atoms with Crippen molar-refractivity contribution in [3.05, 3.63) is 29.3 Å². The molecule has 0 aliphatic rings. The van der Waals surface area contributed by atoms with Crippen LogP contribution < -0.4 is 0 Å². The van der Waals surface area contributed by atoms with E-state index in [0.29, 0.717) is 5.56 Å². The fourth-order valence-electron chi connectivity index (χ4n) is 1.24. The van der Waals surface area contributed by atoms with Crippen molar-refractivity contribution in [1.29, 1.82) is 0 Å². The van der Waals surface area contributed by atoms with E-state index in [2.05, 4.69) is 0 Å². The van der Waals surface area contributed by atoms with Gasteiger partial charge < -0.3 is 25.5 Å². The first-order valence-electron chi connectivity index (χ1n) is 4.49. The lowest BCUT2D eigenvalue weighted by atomic mass is 10.0. The Kier molecular flexibility index (Phi) is 4.05. The smallest absolute Gasteiger partial charge is 0.121 e. The van der Waals surface area contributed by atoms with Gasteiger partial charge in [-0.05, 0) is 17.7 Å². The zero-order valence-electron chi connectivity index (χ0n) is 8.04. The zero-order valence-corrected chi connectivity index (χ0v) is 8.04. The molecule has 0 aliphatic carbocycles. The topological polar surface area (TPSA) is 101 Å². The number of aliphatic hydroxyl groups excluding tert-OH is 4. The van der Waals surface area contributed by atoms with Gasteiger partial charge in [0.05, 0.1) is 13.2 Å². The van der Waals surface area contributed by atoms with Crippen LogP contribution in [0.2, 0.25) is 0 Å². The fraction of sp³-hybridized carbons (Fsp3) is 0.400. The summed E-state index contributed by atoms with van der Waals surface area (Å²) >= 11 is 0. The third-order valence-electron chi connectivity index (χ3n) is 2.17. The van der Waals surface area contributed by atoms with E-state index >= 15 is 0 Å². The van der Waals surface area contributed by atoms with E-state index < -0.39 is 18.8 Å². The van der Waals surface area contributed by atoms with Gasteiger partial charge in [-0.15, -0.1) is 0 Å². The van der Waals surface area contributed by atoms with Gasteiger partial charge in [-0.3, -0.25) is 0 Å². The molecule has 0 amide bonds. The Hall–Kier alpha value is -1.14. The number of phenols is 1. The van der Waals surface area contributed by atoms with Crippen molar-refractivity contribution in [3.63, 3.8) is 0 Å². The Labute approximate surface area is 86.9 Å². The summed E-state index contributed by atoms with van der Waals surface area (Å²) in [5.74, 6) is -0.0769. The third-order valence-corrected chi connectivity index (χ3v) is 2.17. The molecule has 5 N–H and O–H groups in total. The summed E-state index contributed by atoms with van der Waals surface area (Å²) in [7, 11) is 0. The lowest BCUT2D eigenvalue weighted by molar-refractivity contribution is -0.0153. The van der Waals surface area contributed by atoms with Gasteiger partial charge in [0.15, 0.2) is 0 Å². The van der Waals surface area contributed by atoms with Crippen LogP contribution in [0.4, 0.5) is 0 Å². The minimum absolute atomic E-state index is 0.0769. The van der Waals surface area contributed by atoms with Crippen molar-refractivity contribution >= 4 is 0 Å². The lowest BCUT2D eigenvalue weighted by Crippen LogP contribution is -2.22. The van der Waals surface area contributed by atoms with Crippen molar-refractivity contribution in [1.82, 2.24) is 0 Å². The van der Waals surface area contributed by atoms with Gasteiger partial charge in [0.2, 0.25) is 0 Å². The first kappa shape index (κ1) is 11.9. The molecule has 0 aromatic heterocycles. The van der Waals surface area contributed by atoms with Gasteiger partial charge in [-0.2, -0.15) is 0 Å². The highest BCUT2D eigenvalue weighted by atomic mass is 16.4. The van der Waals surface area contributed by atoms with Crippen LogP contribution in [-0.2, 0) is 6.61 Å². The van der Waals surface area contributed by atoms with E-state index in [0.717, 1.165) is 0 Å². The summed E-state index contributed by atoms with van der Waals surface area (Å²) in [6.07, 6.45) is -2.51. The first-order valence-corrected chi connectivity index (χ1v) is 4.49. The summed E-state index contributed by atoms with van der Waals surface area (Å²) in [4.78, 5) is 0. The molecule has 2 unspecified atom stereocenters. The quantitative estimate of drug-likeness (QED) is 0.455. The summed E-state index contributed by atoms with van der Waals surface area (Å²) in [6.45, 7) is -0.919. The molecule has 0 aliphatic heterocycles. The molecule has 2 atom stereocenters. The molecule has 1 aromatic carbocycles. The molecule has 0 saturated heterocycles. The van der Waals surface area contributed by atoms with Crippen LogP contribution in [0.1, 0.15) is 17.2 Å². The zero-order chi connectivity index (χ0) is 11.4. The molecule has 0 saturated carbocycles. The fourth-order valence-corrected chi connectivity index (χ4v) is 1.24. The number of aromatic hydroxyl groups is 1. The number of hydrogen-bond acceptors (Lipinski definition) is 5. The van der Waals surface area contributed by atoms with Crippen LogP contribution in [-0.4, -0.2) is 38.2 Å². The summed E-state index contributed by atoms with van der Waals surface area (Å²) < 4.78 is 0. The van der Waals surface area contributed by atoms with Gasteiger partial charge in [-0.1, -0.05) is 6.07 Å². The second-order valence-electron chi connectivity index (χ2n) is 3.24. The Morgan fingerprint density at radius 2 is 1.80 bits per heavy atom. The Balaban J connectivity index is 2.95. The monoisotopic (exact) mass is 214 g/mol. The minimum Gasteiger partial charge on any atom is -0.508 e. The first-order chi connectivity index (χ1) is 7.10. The van der Waals surface area contributed by atoms with Gasteiger partial charge >= 0.3 is 0 Å². The van der Waals surface area contributed by atoms with Gasteiger partial charge in [0.25, 0.3) is 0 Å². The highest BCUT2D eigenvalue weighted by Crippen LogP contribution is 2.24. The van der Waals surface area contributed by atoms with Crippen molar-refractivity contribution < 1.29 is 25.5 Å². The summed E-state index contributed by atoms with van der Waals surface area (Å²) in [5, 5.41) is 45.5. The number of rotatable bonds is 4. The van der Waals surface area contributed by atoms with E-state index in [9.17, 15) is 15.3 Å². The Bertz CT molecular complexity index is 326. The standard InChI is InChI=1S/C10H14O5/c11-4-7-3-6(1-2-8(7)13)10(15)9(14)5-12/h1-3,9-15H,4-5H2. The minimum atomic E-state index is -1.28. The van der Waals surface area contributed by atoms with Crippen molar-refractivity contribution in [2.24, 2.45) is 0 Å². The SMILES string of the molecule is OCc1cc(C(O)C(O)CO)ccc1O. The maximum Gasteiger partial charge on any atom is 0.121 e. The van der Waals surface area contributed by atoms with Crippen LogP contribution in [0.5, 0.6) is 5.75 Å². The molecule has 1 rings (SSSR count). The molecule has 0 radical (unpaired) electrons. The summed E-state index contributed by atoms with van der Waals surface area (Å²) in [5.41, 5.74) is 0.593. The van der Waals surface area contributed by atoms with Gasteiger partial charge in [0.1, 0.15) is 18.0 Å². The third kappa shape index (κ3) is 2.66. The van der Waals surface area contributed by atoms with Crippen molar-refractivity contribution in [2.75, 3.05) is 6.61 Å². The van der Waals surface area contributed by atoms with Crippen LogP contribution in [0, 0.1) is 0 Å². The Morgan fingerprint density at radius 3 is 2.33 bits per heavy atom. The van der Waals surface area contributed by atoms with Crippen LogP contribution in [0.3, 0.4) is 0 Å². The molecule has 1 aromatic rings. The molecular formula is C10H14O5.